The lowest BCUT2D eigenvalue weighted by atomic mass is 10.1. The molecule has 0 aliphatic rings. The number of phenols is 1. The fraction of sp³-hybridized carbons (Fsp3) is 0.111. The Kier molecular flexibility index (Phi) is 3.85. The van der Waals surface area contributed by atoms with Crippen molar-refractivity contribution in [2.75, 3.05) is 0 Å². The van der Waals surface area contributed by atoms with E-state index in [-0.39, 0.29) is 17.9 Å². The minimum absolute atomic E-state index is 0.0793. The Morgan fingerprint density at radius 1 is 1.17 bits per heavy atom. The molecule has 5 nitrogen and oxygen atoms in total. The van der Waals surface area contributed by atoms with Gasteiger partial charge in [0.25, 0.3) is 0 Å². The van der Waals surface area contributed by atoms with Crippen LogP contribution in [0.4, 0.5) is 0 Å². The van der Waals surface area contributed by atoms with Crippen LogP contribution in [0.1, 0.15) is 21.5 Å². The van der Waals surface area contributed by atoms with E-state index in [2.05, 4.69) is 0 Å². The third-order valence-electron chi connectivity index (χ3n) is 3.47. The van der Waals surface area contributed by atoms with Gasteiger partial charge in [-0.05, 0) is 30.7 Å². The normalized spacial score (nSPS) is 10.7. The minimum atomic E-state index is -0.656. The summed E-state index contributed by atoms with van der Waals surface area (Å²) < 4.78 is 10.4. The molecule has 0 atom stereocenters. The van der Waals surface area contributed by atoms with Crippen molar-refractivity contribution < 1.29 is 19.1 Å². The maximum Gasteiger partial charge on any atom is 0.342 e. The van der Waals surface area contributed by atoms with Gasteiger partial charge in [-0.15, -0.1) is 0 Å². The molecule has 0 saturated carbocycles. The van der Waals surface area contributed by atoms with Crippen molar-refractivity contribution in [2.24, 2.45) is 0 Å². The van der Waals surface area contributed by atoms with Gasteiger partial charge in [0, 0.05) is 17.0 Å². The molecule has 1 heterocycles. The van der Waals surface area contributed by atoms with E-state index in [1.54, 1.807) is 18.2 Å². The molecule has 23 heavy (non-hydrogen) atoms. The lowest BCUT2D eigenvalue weighted by molar-refractivity contribution is 0.0470. The van der Waals surface area contributed by atoms with Crippen LogP contribution in [-0.4, -0.2) is 11.1 Å². The third-order valence-corrected chi connectivity index (χ3v) is 3.47. The van der Waals surface area contributed by atoms with Crippen LogP contribution >= 0.6 is 0 Å². The van der Waals surface area contributed by atoms with Gasteiger partial charge >= 0.3 is 11.6 Å². The molecular formula is C18H14O5. The molecular weight excluding hydrogens is 296 g/mol. The highest BCUT2D eigenvalue weighted by Crippen LogP contribution is 2.21. The molecule has 0 aliphatic carbocycles. The molecule has 116 valence electrons. The number of fused-ring (bicyclic) bond motifs is 1. The standard InChI is InChI=1S/C18H14O5/c1-11-6-7-13-12(9-17(20)23-16(13)8-11)10-22-18(21)14-4-2-3-5-15(14)19/h2-9,19H,10H2,1H3. The summed E-state index contributed by atoms with van der Waals surface area (Å²) >= 11 is 0. The molecule has 0 spiro atoms. The molecule has 0 saturated heterocycles. The first-order chi connectivity index (χ1) is 11.0. The minimum Gasteiger partial charge on any atom is -0.507 e. The fourth-order valence-corrected chi connectivity index (χ4v) is 2.32. The molecule has 1 aromatic heterocycles. The number of para-hydroxylation sites is 1. The number of benzene rings is 2. The first-order valence-electron chi connectivity index (χ1n) is 7.03. The molecule has 2 aromatic carbocycles. The number of hydrogen-bond acceptors (Lipinski definition) is 5. The molecule has 0 bridgehead atoms. The lowest BCUT2D eigenvalue weighted by Crippen LogP contribution is -2.08. The second-order valence-electron chi connectivity index (χ2n) is 5.18. The van der Waals surface area contributed by atoms with Gasteiger partial charge in [0.1, 0.15) is 23.5 Å². The number of carbonyl (C=O) groups is 1. The van der Waals surface area contributed by atoms with E-state index in [9.17, 15) is 14.7 Å². The van der Waals surface area contributed by atoms with Crippen molar-refractivity contribution in [1.29, 1.82) is 0 Å². The zero-order chi connectivity index (χ0) is 16.4. The van der Waals surface area contributed by atoms with Crippen molar-refractivity contribution in [3.05, 3.63) is 75.6 Å². The quantitative estimate of drug-likeness (QED) is 0.594. The lowest BCUT2D eigenvalue weighted by Gasteiger charge is -2.08. The van der Waals surface area contributed by atoms with Crippen molar-refractivity contribution in [3.8, 4) is 5.75 Å². The maximum absolute atomic E-state index is 12.0. The Hall–Kier alpha value is -3.08. The average Bonchev–Trinajstić information content (AvgIpc) is 2.52. The number of ether oxygens (including phenoxy) is 1. The van der Waals surface area contributed by atoms with Gasteiger partial charge in [-0.2, -0.15) is 0 Å². The van der Waals surface area contributed by atoms with Crippen LogP contribution < -0.4 is 5.63 Å². The van der Waals surface area contributed by atoms with Crippen molar-refractivity contribution >= 4 is 16.9 Å². The number of aromatic hydroxyl groups is 1. The van der Waals surface area contributed by atoms with Crippen LogP contribution in [0.15, 0.2) is 57.7 Å². The van der Waals surface area contributed by atoms with Crippen LogP contribution in [-0.2, 0) is 11.3 Å². The molecule has 0 aliphatic heterocycles. The molecule has 0 unspecified atom stereocenters. The fourth-order valence-electron chi connectivity index (χ4n) is 2.32. The highest BCUT2D eigenvalue weighted by molar-refractivity contribution is 5.92. The van der Waals surface area contributed by atoms with Crippen LogP contribution in [0.5, 0.6) is 5.75 Å². The van der Waals surface area contributed by atoms with E-state index in [4.69, 9.17) is 9.15 Å². The summed E-state index contributed by atoms with van der Waals surface area (Å²) in [5.41, 5.74) is 1.54. The van der Waals surface area contributed by atoms with Crippen LogP contribution in [0.3, 0.4) is 0 Å². The number of carbonyl (C=O) groups excluding carboxylic acids is 1. The first kappa shape index (κ1) is 14.8. The van der Waals surface area contributed by atoms with Crippen LogP contribution in [0, 0.1) is 6.92 Å². The Labute approximate surface area is 131 Å². The van der Waals surface area contributed by atoms with Crippen molar-refractivity contribution in [2.45, 2.75) is 13.5 Å². The van der Waals surface area contributed by atoms with Gasteiger partial charge in [0.2, 0.25) is 0 Å². The maximum atomic E-state index is 12.0. The number of aryl methyl sites for hydroxylation is 1. The monoisotopic (exact) mass is 310 g/mol. The smallest absolute Gasteiger partial charge is 0.342 e. The molecule has 0 radical (unpaired) electrons. The second-order valence-corrected chi connectivity index (χ2v) is 5.18. The van der Waals surface area contributed by atoms with Gasteiger partial charge in [0.15, 0.2) is 0 Å². The van der Waals surface area contributed by atoms with Gasteiger partial charge in [0.05, 0.1) is 0 Å². The van der Waals surface area contributed by atoms with E-state index >= 15 is 0 Å². The summed E-state index contributed by atoms with van der Waals surface area (Å²) in [4.78, 5) is 23.7. The summed E-state index contributed by atoms with van der Waals surface area (Å²) in [6.45, 7) is 1.81. The average molecular weight is 310 g/mol. The van der Waals surface area contributed by atoms with Gasteiger partial charge in [-0.3, -0.25) is 0 Å². The summed E-state index contributed by atoms with van der Waals surface area (Å²) in [6, 6.07) is 12.9. The zero-order valence-electron chi connectivity index (χ0n) is 12.4. The number of rotatable bonds is 3. The SMILES string of the molecule is Cc1ccc2c(COC(=O)c3ccccc3O)cc(=O)oc2c1. The third kappa shape index (κ3) is 3.08. The Morgan fingerprint density at radius 2 is 1.96 bits per heavy atom. The Morgan fingerprint density at radius 3 is 2.74 bits per heavy atom. The highest BCUT2D eigenvalue weighted by atomic mass is 16.5. The number of phenolic OH excluding ortho intramolecular Hbond substituents is 1. The first-order valence-corrected chi connectivity index (χ1v) is 7.03. The molecule has 3 rings (SSSR count). The predicted octanol–water partition coefficient (Wildman–Crippen LogP) is 3.16. The Balaban J connectivity index is 1.89. The highest BCUT2D eigenvalue weighted by Gasteiger charge is 2.13. The largest absolute Gasteiger partial charge is 0.507 e. The van der Waals surface area contributed by atoms with Crippen molar-refractivity contribution in [1.82, 2.24) is 0 Å². The summed E-state index contributed by atoms with van der Waals surface area (Å²) in [5, 5.41) is 10.4. The topological polar surface area (TPSA) is 76.7 Å². The molecule has 3 aromatic rings. The number of esters is 1. The van der Waals surface area contributed by atoms with Crippen molar-refractivity contribution in [3.63, 3.8) is 0 Å². The summed E-state index contributed by atoms with van der Waals surface area (Å²) in [6.07, 6.45) is 0. The second kappa shape index (κ2) is 5.96. The molecule has 0 amide bonds. The van der Waals surface area contributed by atoms with Gasteiger partial charge in [-0.1, -0.05) is 24.3 Å². The molecule has 0 fully saturated rings. The predicted molar refractivity (Wildman–Crippen MR) is 84.4 cm³/mol. The molecule has 1 N–H and O–H groups in total. The van der Waals surface area contributed by atoms with Crippen LogP contribution in [0.2, 0.25) is 0 Å². The van der Waals surface area contributed by atoms with Gasteiger partial charge < -0.3 is 14.3 Å². The van der Waals surface area contributed by atoms with E-state index in [0.29, 0.717) is 16.5 Å². The van der Waals surface area contributed by atoms with Crippen LogP contribution in [0.25, 0.3) is 11.0 Å². The van der Waals surface area contributed by atoms with Gasteiger partial charge in [-0.25, -0.2) is 9.59 Å². The van der Waals surface area contributed by atoms with E-state index in [0.717, 1.165) is 5.56 Å². The van der Waals surface area contributed by atoms with E-state index in [1.807, 2.05) is 19.1 Å². The van der Waals surface area contributed by atoms with E-state index < -0.39 is 11.6 Å². The number of hydrogen-bond donors (Lipinski definition) is 1. The summed E-state index contributed by atoms with van der Waals surface area (Å²) in [5.74, 6) is -0.804. The molecule has 5 heteroatoms. The Bertz CT molecular complexity index is 940. The zero-order valence-corrected chi connectivity index (χ0v) is 12.4. The summed E-state index contributed by atoms with van der Waals surface area (Å²) in [7, 11) is 0. The van der Waals surface area contributed by atoms with E-state index in [1.165, 1.54) is 18.2 Å².